The summed E-state index contributed by atoms with van der Waals surface area (Å²) in [5.74, 6) is -2.38. The molecule has 8 heteroatoms. The van der Waals surface area contributed by atoms with Gasteiger partial charge in [-0.3, -0.25) is 14.4 Å². The van der Waals surface area contributed by atoms with Crippen LogP contribution in [0.25, 0.3) is 10.2 Å². The third-order valence-electron chi connectivity index (χ3n) is 2.87. The molecule has 0 aliphatic rings. The van der Waals surface area contributed by atoms with Crippen molar-refractivity contribution in [3.8, 4) is 0 Å². The molecule has 21 heavy (non-hydrogen) atoms. The maximum Gasteiger partial charge on any atom is 0.313 e. The van der Waals surface area contributed by atoms with E-state index in [-0.39, 0.29) is 12.3 Å². The molecular formula is C13H12N2O4S2. The van der Waals surface area contributed by atoms with E-state index in [1.54, 1.807) is 18.2 Å². The van der Waals surface area contributed by atoms with Crippen molar-refractivity contribution in [3.05, 3.63) is 28.8 Å². The fourth-order valence-electron chi connectivity index (χ4n) is 1.83. The number of carbonyl (C=O) groups excluding carboxylic acids is 2. The normalized spacial score (nSPS) is 12.1. The molecule has 1 aromatic carbocycles. The summed E-state index contributed by atoms with van der Waals surface area (Å²) >= 11 is 4.82. The van der Waals surface area contributed by atoms with Gasteiger partial charge in [0.15, 0.2) is 5.12 Å². The number of carbonyl (C=O) groups is 3. The van der Waals surface area contributed by atoms with Gasteiger partial charge in [-0.2, -0.15) is 0 Å². The number of hydrogen-bond acceptors (Lipinski definition) is 5. The molecule has 0 radical (unpaired) electrons. The highest BCUT2D eigenvalue weighted by Crippen LogP contribution is 2.30. The number of benzene rings is 1. The first-order valence-electron chi connectivity index (χ1n) is 5.99. The van der Waals surface area contributed by atoms with Gasteiger partial charge in [0.2, 0.25) is 0 Å². The molecule has 1 amide bonds. The van der Waals surface area contributed by atoms with E-state index in [0.29, 0.717) is 16.1 Å². The minimum Gasteiger partial charge on any atom is -0.481 e. The lowest BCUT2D eigenvalue weighted by molar-refractivity contribution is -0.139. The van der Waals surface area contributed by atoms with Crippen LogP contribution < -0.4 is 5.32 Å². The predicted molar refractivity (Wildman–Crippen MR) is 82.0 cm³/mol. The molecule has 2 rings (SSSR count). The van der Waals surface area contributed by atoms with Crippen molar-refractivity contribution in [1.29, 1.82) is 0 Å². The average molecular weight is 324 g/mol. The number of nitrogens with zero attached hydrogens (tertiary/aromatic N) is 1. The van der Waals surface area contributed by atoms with Gasteiger partial charge in [-0.25, -0.2) is 4.98 Å². The highest BCUT2D eigenvalue weighted by molar-refractivity contribution is 7.96. The van der Waals surface area contributed by atoms with Crippen molar-refractivity contribution in [2.75, 3.05) is 7.05 Å². The van der Waals surface area contributed by atoms with Crippen LogP contribution in [0.1, 0.15) is 27.7 Å². The molecule has 0 aliphatic heterocycles. The predicted octanol–water partition coefficient (Wildman–Crippen LogP) is 1.67. The van der Waals surface area contributed by atoms with Gasteiger partial charge in [0.25, 0.3) is 5.91 Å². The molecule has 0 fully saturated rings. The van der Waals surface area contributed by atoms with Crippen LogP contribution in [0, 0.1) is 0 Å². The number of amides is 1. The Morgan fingerprint density at radius 3 is 2.71 bits per heavy atom. The largest absolute Gasteiger partial charge is 0.481 e. The Labute approximate surface area is 129 Å². The van der Waals surface area contributed by atoms with Gasteiger partial charge < -0.3 is 10.4 Å². The number of rotatable bonds is 5. The molecule has 0 bridgehead atoms. The third kappa shape index (κ3) is 3.40. The summed E-state index contributed by atoms with van der Waals surface area (Å²) < 4.78 is 0.760. The van der Waals surface area contributed by atoms with Crippen molar-refractivity contribution in [1.82, 2.24) is 10.3 Å². The Morgan fingerprint density at radius 1 is 1.43 bits per heavy atom. The fraction of sp³-hybridized carbons (Fsp3) is 0.231. The molecule has 1 atom stereocenters. The summed E-state index contributed by atoms with van der Waals surface area (Å²) in [5.41, 5.74) is 0.980. The van der Waals surface area contributed by atoms with Crippen molar-refractivity contribution < 1.29 is 19.5 Å². The molecule has 1 unspecified atom stereocenters. The Bertz CT molecular complexity index is 726. The van der Waals surface area contributed by atoms with Gasteiger partial charge in [0, 0.05) is 19.0 Å². The number of aromatic nitrogens is 1. The Morgan fingerprint density at radius 2 is 2.14 bits per heavy atom. The van der Waals surface area contributed by atoms with Crippen LogP contribution in [0.5, 0.6) is 0 Å². The van der Waals surface area contributed by atoms with Crippen LogP contribution in [0.4, 0.5) is 0 Å². The van der Waals surface area contributed by atoms with Gasteiger partial charge in [-0.1, -0.05) is 0 Å². The first kappa shape index (κ1) is 15.5. The Balaban J connectivity index is 2.43. The van der Waals surface area contributed by atoms with Crippen LogP contribution in [-0.4, -0.2) is 34.1 Å². The number of carboxylic acid groups (broad SMARTS) is 1. The number of thiol groups is 1. The Kier molecular flexibility index (Phi) is 4.59. The quantitative estimate of drug-likeness (QED) is 0.727. The lowest BCUT2D eigenvalue weighted by atomic mass is 10.1. The van der Waals surface area contributed by atoms with E-state index >= 15 is 0 Å². The van der Waals surface area contributed by atoms with Gasteiger partial charge in [-0.15, -0.1) is 24.0 Å². The smallest absolute Gasteiger partial charge is 0.313 e. The second kappa shape index (κ2) is 6.23. The molecule has 0 spiro atoms. The van der Waals surface area contributed by atoms with E-state index in [0.717, 1.165) is 4.70 Å². The highest BCUT2D eigenvalue weighted by Gasteiger charge is 2.25. The molecular weight excluding hydrogens is 312 g/mol. The molecule has 0 aliphatic carbocycles. The maximum atomic E-state index is 11.6. The summed E-state index contributed by atoms with van der Waals surface area (Å²) in [6.45, 7) is 0. The Hall–Kier alpha value is -1.93. The zero-order valence-corrected chi connectivity index (χ0v) is 12.7. The van der Waals surface area contributed by atoms with Crippen molar-refractivity contribution in [2.45, 2.75) is 12.3 Å². The van der Waals surface area contributed by atoms with Crippen molar-refractivity contribution in [2.24, 2.45) is 0 Å². The monoisotopic (exact) mass is 324 g/mol. The summed E-state index contributed by atoms with van der Waals surface area (Å²) in [4.78, 5) is 38.1. The zero-order valence-electron chi connectivity index (χ0n) is 11.0. The number of hydrogen-bond donors (Lipinski definition) is 3. The number of thiazole rings is 1. The fourth-order valence-corrected chi connectivity index (χ4v) is 3.06. The first-order valence-corrected chi connectivity index (χ1v) is 7.26. The molecule has 6 nitrogen and oxygen atoms in total. The summed E-state index contributed by atoms with van der Waals surface area (Å²) in [6.07, 6.45) is -0.222. The van der Waals surface area contributed by atoms with Gasteiger partial charge in [-0.05, 0) is 18.2 Å². The third-order valence-corrected chi connectivity index (χ3v) is 4.20. The lowest BCUT2D eigenvalue weighted by Gasteiger charge is -2.05. The van der Waals surface area contributed by atoms with E-state index in [9.17, 15) is 19.5 Å². The van der Waals surface area contributed by atoms with E-state index in [1.165, 1.54) is 18.4 Å². The molecule has 110 valence electrons. The van der Waals surface area contributed by atoms with Crippen LogP contribution in [-0.2, 0) is 9.59 Å². The minimum absolute atomic E-state index is 0.222. The molecule has 1 aromatic heterocycles. The number of fused-ring (bicyclic) bond motifs is 1. The van der Waals surface area contributed by atoms with E-state index in [4.69, 9.17) is 0 Å². The van der Waals surface area contributed by atoms with Gasteiger partial charge in [0.1, 0.15) is 10.9 Å². The maximum absolute atomic E-state index is 11.6. The van der Waals surface area contributed by atoms with Crippen molar-refractivity contribution >= 4 is 51.2 Å². The number of nitrogens with one attached hydrogen (secondary N) is 1. The van der Waals surface area contributed by atoms with Crippen molar-refractivity contribution in [3.63, 3.8) is 0 Å². The molecule has 0 saturated heterocycles. The topological polar surface area (TPSA) is 96.4 Å². The van der Waals surface area contributed by atoms with E-state index < -0.39 is 17.0 Å². The second-order valence-corrected chi connectivity index (χ2v) is 5.86. The summed E-state index contributed by atoms with van der Waals surface area (Å²) in [6, 6.07) is 4.95. The minimum atomic E-state index is -1.12. The van der Waals surface area contributed by atoms with Gasteiger partial charge >= 0.3 is 5.97 Å². The van der Waals surface area contributed by atoms with Gasteiger partial charge in [0.05, 0.1) is 10.2 Å². The van der Waals surface area contributed by atoms with Crippen LogP contribution in [0.2, 0.25) is 0 Å². The van der Waals surface area contributed by atoms with Crippen LogP contribution in [0.3, 0.4) is 0 Å². The standard InChI is InChI=1S/C13H12N2O4S2/c1-14-11(17)6-2-3-9-8(4-6)15-12(21-9)7(13(18)19)5-10(16)20/h2-4,7H,5H2,1H3,(H,14,17)(H,16,20)(H,18,19). The number of carboxylic acids is 1. The first-order chi connectivity index (χ1) is 9.92. The molecule has 2 N–H and O–H groups in total. The highest BCUT2D eigenvalue weighted by atomic mass is 32.1. The SMILES string of the molecule is CNC(=O)c1ccc2sc(C(CC(=O)S)C(=O)O)nc2c1. The molecule has 2 aromatic rings. The number of aliphatic carboxylic acids is 1. The molecule has 0 saturated carbocycles. The lowest BCUT2D eigenvalue weighted by Crippen LogP contribution is -2.17. The van der Waals surface area contributed by atoms with Crippen LogP contribution >= 0.6 is 24.0 Å². The zero-order chi connectivity index (χ0) is 15.6. The average Bonchev–Trinajstić information content (AvgIpc) is 2.85. The van der Waals surface area contributed by atoms with Crippen LogP contribution in [0.15, 0.2) is 18.2 Å². The summed E-state index contributed by atoms with van der Waals surface area (Å²) in [5, 5.41) is 11.5. The second-order valence-electron chi connectivity index (χ2n) is 4.30. The van der Waals surface area contributed by atoms with E-state index in [1.807, 2.05) is 0 Å². The summed E-state index contributed by atoms with van der Waals surface area (Å²) in [7, 11) is 1.53. The molecule has 1 heterocycles. The van der Waals surface area contributed by atoms with E-state index in [2.05, 4.69) is 22.9 Å².